The summed E-state index contributed by atoms with van der Waals surface area (Å²) in [5.41, 5.74) is -0.340. The van der Waals surface area contributed by atoms with Crippen molar-refractivity contribution in [3.8, 4) is 5.75 Å². The van der Waals surface area contributed by atoms with E-state index in [-0.39, 0.29) is 40.3 Å². The quantitative estimate of drug-likeness (QED) is 0.867. The Labute approximate surface area is 132 Å². The van der Waals surface area contributed by atoms with Gasteiger partial charge in [-0.1, -0.05) is 11.6 Å². The molecule has 7 heteroatoms. The summed E-state index contributed by atoms with van der Waals surface area (Å²) in [5, 5.41) is 5.84. The van der Waals surface area contributed by atoms with E-state index in [1.165, 1.54) is 19.1 Å². The summed E-state index contributed by atoms with van der Waals surface area (Å²) < 4.78 is 18.5. The highest BCUT2D eigenvalue weighted by molar-refractivity contribution is 6.30. The first-order valence-electron chi connectivity index (χ1n) is 6.99. The Morgan fingerprint density at radius 1 is 1.27 bits per heavy atom. The summed E-state index contributed by atoms with van der Waals surface area (Å²) in [6.45, 7) is 1.31. The largest absolute Gasteiger partial charge is 0.484 e. The van der Waals surface area contributed by atoms with Crippen molar-refractivity contribution < 1.29 is 18.7 Å². The number of hydrogen-bond donors (Lipinski definition) is 2. The second-order valence-corrected chi connectivity index (χ2v) is 6.59. The van der Waals surface area contributed by atoms with Crippen LogP contribution in [0.4, 0.5) is 4.39 Å². The van der Waals surface area contributed by atoms with Gasteiger partial charge in [-0.2, -0.15) is 0 Å². The Bertz CT molecular complexity index is 630. The maximum atomic E-state index is 13.2. The fraction of sp³-hybridized carbons (Fsp3) is 0.467. The molecule has 0 saturated heterocycles. The molecule has 3 fully saturated rings. The fourth-order valence-corrected chi connectivity index (χ4v) is 3.59. The van der Waals surface area contributed by atoms with E-state index in [1.54, 1.807) is 0 Å². The Kier molecular flexibility index (Phi) is 3.51. The highest BCUT2D eigenvalue weighted by atomic mass is 35.5. The van der Waals surface area contributed by atoms with Crippen LogP contribution in [0.1, 0.15) is 26.2 Å². The van der Waals surface area contributed by atoms with Gasteiger partial charge in [-0.3, -0.25) is 9.59 Å². The minimum absolute atomic E-state index is 0.00828. The zero-order chi connectivity index (χ0) is 16.0. The lowest BCUT2D eigenvalue weighted by Gasteiger charge is -2.70. The number of carbonyl (C=O) groups is 2. The predicted molar refractivity (Wildman–Crippen MR) is 78.2 cm³/mol. The lowest BCUT2D eigenvalue weighted by Crippen LogP contribution is -2.83. The van der Waals surface area contributed by atoms with E-state index in [9.17, 15) is 14.0 Å². The summed E-state index contributed by atoms with van der Waals surface area (Å²) in [6.07, 6.45) is 2.25. The van der Waals surface area contributed by atoms with Crippen LogP contribution in [0, 0.1) is 5.82 Å². The summed E-state index contributed by atoms with van der Waals surface area (Å²) in [6, 6.07) is 4.02. The van der Waals surface area contributed by atoms with Crippen molar-refractivity contribution in [1.29, 1.82) is 0 Å². The summed E-state index contributed by atoms with van der Waals surface area (Å²) >= 11 is 5.57. The van der Waals surface area contributed by atoms with Crippen LogP contribution in [0.15, 0.2) is 18.2 Å². The van der Waals surface area contributed by atoms with Gasteiger partial charge in [0.05, 0.1) is 5.02 Å². The second-order valence-electron chi connectivity index (χ2n) is 6.18. The molecule has 0 spiro atoms. The highest BCUT2D eigenvalue weighted by Gasteiger charge is 2.69. The van der Waals surface area contributed by atoms with Crippen LogP contribution in [-0.4, -0.2) is 29.5 Å². The molecule has 118 valence electrons. The lowest BCUT2D eigenvalue weighted by molar-refractivity contribution is -0.149. The molecular formula is C15H16ClFN2O3. The predicted octanol–water partition coefficient (Wildman–Crippen LogP) is 1.79. The molecule has 5 nitrogen and oxygen atoms in total. The standard InChI is InChI=1S/C15H16ClFN2O3/c1-9(20)18-14-6-15(7-14,8-14)19-13(21)5-22-10-2-3-11(16)12(17)4-10/h2-4H,5-8H2,1H3,(H,18,20)(H,19,21). The molecule has 0 aromatic heterocycles. The first kappa shape index (κ1) is 15.1. The zero-order valence-corrected chi connectivity index (χ0v) is 12.8. The average molecular weight is 327 g/mol. The van der Waals surface area contributed by atoms with E-state index in [0.717, 1.165) is 25.3 Å². The molecule has 4 rings (SSSR count). The van der Waals surface area contributed by atoms with Crippen molar-refractivity contribution in [2.24, 2.45) is 0 Å². The van der Waals surface area contributed by atoms with Gasteiger partial charge in [0.2, 0.25) is 5.91 Å². The SMILES string of the molecule is CC(=O)NC12CC(NC(=O)COc3ccc(Cl)c(F)c3)(C1)C2. The minimum Gasteiger partial charge on any atom is -0.484 e. The van der Waals surface area contributed by atoms with Gasteiger partial charge in [0.15, 0.2) is 6.61 Å². The molecule has 1 aromatic rings. The highest BCUT2D eigenvalue weighted by Crippen LogP contribution is 2.60. The minimum atomic E-state index is -0.587. The van der Waals surface area contributed by atoms with Gasteiger partial charge in [0.1, 0.15) is 11.6 Å². The number of halogens is 2. The molecule has 1 aromatic carbocycles. The molecule has 0 unspecified atom stereocenters. The fourth-order valence-electron chi connectivity index (χ4n) is 3.47. The molecule has 22 heavy (non-hydrogen) atoms. The van der Waals surface area contributed by atoms with E-state index in [4.69, 9.17) is 16.3 Å². The molecule has 3 aliphatic carbocycles. The number of carbonyl (C=O) groups excluding carboxylic acids is 2. The van der Waals surface area contributed by atoms with E-state index in [2.05, 4.69) is 10.6 Å². The van der Waals surface area contributed by atoms with Gasteiger partial charge >= 0.3 is 0 Å². The third-order valence-electron chi connectivity index (χ3n) is 4.14. The average Bonchev–Trinajstić information content (AvgIpc) is 2.36. The third kappa shape index (κ3) is 2.75. The molecule has 2 N–H and O–H groups in total. The number of benzene rings is 1. The number of amides is 2. The molecule has 0 atom stereocenters. The van der Waals surface area contributed by atoms with Crippen molar-refractivity contribution >= 4 is 23.4 Å². The maximum absolute atomic E-state index is 13.2. The Hall–Kier alpha value is -1.82. The van der Waals surface area contributed by atoms with Gasteiger partial charge in [0, 0.05) is 24.1 Å². The smallest absolute Gasteiger partial charge is 0.258 e. The van der Waals surface area contributed by atoms with E-state index >= 15 is 0 Å². The first-order valence-corrected chi connectivity index (χ1v) is 7.37. The molecule has 0 aliphatic heterocycles. The molecule has 2 bridgehead atoms. The first-order chi connectivity index (χ1) is 10.3. The Balaban J connectivity index is 1.45. The topological polar surface area (TPSA) is 67.4 Å². The van der Waals surface area contributed by atoms with Crippen LogP contribution in [0.3, 0.4) is 0 Å². The molecule has 0 heterocycles. The molecule has 0 radical (unpaired) electrons. The van der Waals surface area contributed by atoms with Gasteiger partial charge in [-0.05, 0) is 31.4 Å². The van der Waals surface area contributed by atoms with Crippen LogP contribution in [0.2, 0.25) is 5.02 Å². The number of rotatable bonds is 5. The summed E-state index contributed by atoms with van der Waals surface area (Å²) in [5.74, 6) is -0.639. The van der Waals surface area contributed by atoms with Gasteiger partial charge in [0.25, 0.3) is 5.91 Å². The van der Waals surface area contributed by atoms with Gasteiger partial charge in [-0.15, -0.1) is 0 Å². The Morgan fingerprint density at radius 2 is 1.91 bits per heavy atom. The Morgan fingerprint density at radius 3 is 2.50 bits per heavy atom. The zero-order valence-electron chi connectivity index (χ0n) is 12.0. The van der Waals surface area contributed by atoms with Crippen molar-refractivity contribution in [3.63, 3.8) is 0 Å². The molecule has 3 aliphatic rings. The summed E-state index contributed by atoms with van der Waals surface area (Å²) in [7, 11) is 0. The van der Waals surface area contributed by atoms with Gasteiger partial charge < -0.3 is 15.4 Å². The van der Waals surface area contributed by atoms with Crippen LogP contribution in [0.25, 0.3) is 0 Å². The molecular weight excluding hydrogens is 311 g/mol. The maximum Gasteiger partial charge on any atom is 0.258 e. The number of hydrogen-bond acceptors (Lipinski definition) is 3. The monoisotopic (exact) mass is 326 g/mol. The summed E-state index contributed by atoms with van der Waals surface area (Å²) in [4.78, 5) is 22.9. The van der Waals surface area contributed by atoms with E-state index < -0.39 is 5.82 Å². The van der Waals surface area contributed by atoms with Crippen LogP contribution < -0.4 is 15.4 Å². The normalized spacial score (nSPS) is 28.1. The van der Waals surface area contributed by atoms with Crippen LogP contribution in [-0.2, 0) is 9.59 Å². The lowest BCUT2D eigenvalue weighted by atomic mass is 9.44. The molecule has 2 amide bonds. The van der Waals surface area contributed by atoms with E-state index in [0.29, 0.717) is 0 Å². The van der Waals surface area contributed by atoms with Crippen LogP contribution in [0.5, 0.6) is 5.75 Å². The van der Waals surface area contributed by atoms with Crippen LogP contribution >= 0.6 is 11.6 Å². The molecule has 3 saturated carbocycles. The number of nitrogens with one attached hydrogen (secondary N) is 2. The number of ether oxygens (including phenoxy) is 1. The van der Waals surface area contributed by atoms with E-state index in [1.807, 2.05) is 0 Å². The van der Waals surface area contributed by atoms with Crippen molar-refractivity contribution in [3.05, 3.63) is 29.0 Å². The van der Waals surface area contributed by atoms with Crippen molar-refractivity contribution in [2.45, 2.75) is 37.3 Å². The van der Waals surface area contributed by atoms with Crippen molar-refractivity contribution in [2.75, 3.05) is 6.61 Å². The second kappa shape index (κ2) is 5.12. The van der Waals surface area contributed by atoms with Gasteiger partial charge in [-0.25, -0.2) is 4.39 Å². The van der Waals surface area contributed by atoms with Crippen molar-refractivity contribution in [1.82, 2.24) is 10.6 Å². The third-order valence-corrected chi connectivity index (χ3v) is 4.44.